The third kappa shape index (κ3) is 2.33. The highest BCUT2D eigenvalue weighted by molar-refractivity contribution is 9.10. The second kappa shape index (κ2) is 5.55. The number of aromatic hydroxyl groups is 1. The summed E-state index contributed by atoms with van der Waals surface area (Å²) in [5.41, 5.74) is 7.57. The van der Waals surface area contributed by atoms with Gasteiger partial charge in [0.15, 0.2) is 0 Å². The smallest absolute Gasteiger partial charge is 0.139 e. The average Bonchev–Trinajstić information content (AvgIpc) is 2.31. The van der Waals surface area contributed by atoms with Crippen LogP contribution < -0.4 is 10.5 Å². The summed E-state index contributed by atoms with van der Waals surface area (Å²) in [5, 5.41) is 10.0. The summed E-state index contributed by atoms with van der Waals surface area (Å²) < 4.78 is 5.89. The van der Waals surface area contributed by atoms with Crippen molar-refractivity contribution in [3.8, 4) is 11.5 Å². The molecule has 0 aliphatic carbocycles. The molecule has 0 aliphatic rings. The minimum Gasteiger partial charge on any atom is -0.506 e. The molecule has 3 nitrogen and oxygen atoms in total. The second-order valence-electron chi connectivity index (χ2n) is 3.81. The van der Waals surface area contributed by atoms with E-state index in [1.165, 1.54) is 0 Å². The molecule has 1 aromatic rings. The van der Waals surface area contributed by atoms with E-state index in [0.717, 1.165) is 17.5 Å². The predicted octanol–water partition coefficient (Wildman–Crippen LogP) is 2.79. The number of methoxy groups -OCH3 is 1. The van der Waals surface area contributed by atoms with E-state index in [2.05, 4.69) is 22.9 Å². The lowest BCUT2D eigenvalue weighted by Gasteiger charge is -2.17. The zero-order chi connectivity index (χ0) is 12.3. The van der Waals surface area contributed by atoms with E-state index in [-0.39, 0.29) is 11.7 Å². The Bertz CT molecular complexity index is 380. The Balaban J connectivity index is 3.38. The Morgan fingerprint density at radius 3 is 2.62 bits per heavy atom. The van der Waals surface area contributed by atoms with E-state index in [1.54, 1.807) is 7.11 Å². The summed E-state index contributed by atoms with van der Waals surface area (Å²) in [7, 11) is 1.60. The van der Waals surface area contributed by atoms with Crippen LogP contribution in [-0.4, -0.2) is 18.8 Å². The van der Waals surface area contributed by atoms with Crippen molar-refractivity contribution in [1.82, 2.24) is 0 Å². The van der Waals surface area contributed by atoms with Gasteiger partial charge in [0.25, 0.3) is 0 Å². The van der Waals surface area contributed by atoms with Crippen molar-refractivity contribution in [2.45, 2.75) is 26.2 Å². The van der Waals surface area contributed by atoms with Gasteiger partial charge < -0.3 is 15.6 Å². The van der Waals surface area contributed by atoms with Gasteiger partial charge >= 0.3 is 0 Å². The molecule has 0 saturated carbocycles. The molecular weight excluding hydrogens is 270 g/mol. The van der Waals surface area contributed by atoms with E-state index < -0.39 is 0 Å². The Kier molecular flexibility index (Phi) is 4.62. The van der Waals surface area contributed by atoms with Gasteiger partial charge in [-0.15, -0.1) is 0 Å². The van der Waals surface area contributed by atoms with Crippen LogP contribution in [0.1, 0.15) is 30.9 Å². The summed E-state index contributed by atoms with van der Waals surface area (Å²) in [4.78, 5) is 0. The topological polar surface area (TPSA) is 55.5 Å². The van der Waals surface area contributed by atoms with Crippen molar-refractivity contribution in [3.05, 3.63) is 21.7 Å². The maximum Gasteiger partial charge on any atom is 0.139 e. The molecule has 0 fully saturated rings. The van der Waals surface area contributed by atoms with E-state index in [0.29, 0.717) is 16.8 Å². The number of aryl methyl sites for hydroxylation is 1. The molecule has 0 heterocycles. The van der Waals surface area contributed by atoms with Crippen LogP contribution in [0.3, 0.4) is 0 Å². The van der Waals surface area contributed by atoms with Crippen molar-refractivity contribution in [3.63, 3.8) is 0 Å². The third-order valence-corrected chi connectivity index (χ3v) is 3.51. The third-order valence-electron chi connectivity index (χ3n) is 2.77. The zero-order valence-corrected chi connectivity index (χ0v) is 11.5. The van der Waals surface area contributed by atoms with Crippen LogP contribution in [0.15, 0.2) is 10.5 Å². The molecular formula is C12H18BrNO2. The Labute approximate surface area is 105 Å². The molecule has 3 N–H and O–H groups in total. The molecule has 1 atom stereocenters. The van der Waals surface area contributed by atoms with Gasteiger partial charge in [0.2, 0.25) is 0 Å². The summed E-state index contributed by atoms with van der Waals surface area (Å²) in [6.07, 6.45) is 0.854. The molecule has 0 bridgehead atoms. The van der Waals surface area contributed by atoms with Crippen molar-refractivity contribution >= 4 is 15.9 Å². The van der Waals surface area contributed by atoms with Gasteiger partial charge in [0, 0.05) is 0 Å². The Morgan fingerprint density at radius 1 is 1.56 bits per heavy atom. The number of phenols is 1. The monoisotopic (exact) mass is 287 g/mol. The second-order valence-corrected chi connectivity index (χ2v) is 4.60. The molecule has 16 heavy (non-hydrogen) atoms. The van der Waals surface area contributed by atoms with Crippen LogP contribution in [0.2, 0.25) is 0 Å². The first-order chi connectivity index (χ1) is 7.56. The minimum absolute atomic E-state index is 0.132. The van der Waals surface area contributed by atoms with Crippen LogP contribution >= 0.6 is 15.9 Å². The quantitative estimate of drug-likeness (QED) is 0.895. The van der Waals surface area contributed by atoms with Gasteiger partial charge in [0.05, 0.1) is 7.11 Å². The fourth-order valence-electron chi connectivity index (χ4n) is 1.68. The van der Waals surface area contributed by atoms with E-state index >= 15 is 0 Å². The van der Waals surface area contributed by atoms with Gasteiger partial charge in [-0.05, 0) is 52.0 Å². The van der Waals surface area contributed by atoms with E-state index in [4.69, 9.17) is 10.5 Å². The first-order valence-electron chi connectivity index (χ1n) is 5.35. The molecule has 0 aromatic heterocycles. The molecule has 90 valence electrons. The largest absolute Gasteiger partial charge is 0.506 e. The lowest BCUT2D eigenvalue weighted by Crippen LogP contribution is -2.10. The normalized spacial score (nSPS) is 12.6. The van der Waals surface area contributed by atoms with Gasteiger partial charge in [-0.2, -0.15) is 0 Å². The lowest BCUT2D eigenvalue weighted by molar-refractivity contribution is 0.396. The fraction of sp³-hybridized carbons (Fsp3) is 0.500. The van der Waals surface area contributed by atoms with Crippen LogP contribution in [0.5, 0.6) is 11.5 Å². The Hall–Kier alpha value is -0.740. The molecule has 0 saturated heterocycles. The molecule has 1 aromatic carbocycles. The lowest BCUT2D eigenvalue weighted by atomic mass is 9.96. The fourth-order valence-corrected chi connectivity index (χ4v) is 2.33. The number of hydrogen-bond acceptors (Lipinski definition) is 3. The predicted molar refractivity (Wildman–Crippen MR) is 69.2 cm³/mol. The molecule has 0 spiro atoms. The highest BCUT2D eigenvalue weighted by atomic mass is 79.9. The molecule has 1 rings (SSSR count). The van der Waals surface area contributed by atoms with Crippen LogP contribution in [0.4, 0.5) is 0 Å². The number of halogens is 1. The van der Waals surface area contributed by atoms with Crippen LogP contribution in [0.25, 0.3) is 0 Å². The Morgan fingerprint density at radius 2 is 2.19 bits per heavy atom. The number of benzene rings is 1. The minimum atomic E-state index is 0.132. The number of rotatable bonds is 4. The number of nitrogens with two attached hydrogens (primary N) is 1. The summed E-state index contributed by atoms with van der Waals surface area (Å²) in [5.74, 6) is 1.06. The van der Waals surface area contributed by atoms with Gasteiger partial charge in [0.1, 0.15) is 16.0 Å². The highest BCUT2D eigenvalue weighted by Crippen LogP contribution is 2.42. The standard InChI is InChI=1S/C12H18BrNO2/c1-4-8-5-9(7(2)6-14)11(15)10(13)12(8)16-3/h5,7,15H,4,6,14H2,1-3H3. The van der Waals surface area contributed by atoms with Gasteiger partial charge in [-0.3, -0.25) is 0 Å². The van der Waals surface area contributed by atoms with Crippen molar-refractivity contribution in [2.75, 3.05) is 13.7 Å². The zero-order valence-electron chi connectivity index (χ0n) is 9.88. The van der Waals surface area contributed by atoms with Crippen LogP contribution in [-0.2, 0) is 6.42 Å². The summed E-state index contributed by atoms with van der Waals surface area (Å²) >= 11 is 3.36. The number of phenolic OH excluding ortho intramolecular Hbond substituents is 1. The first kappa shape index (κ1) is 13.3. The van der Waals surface area contributed by atoms with Crippen LogP contribution in [0, 0.1) is 0 Å². The first-order valence-corrected chi connectivity index (χ1v) is 6.14. The van der Waals surface area contributed by atoms with Crippen molar-refractivity contribution in [2.24, 2.45) is 5.73 Å². The highest BCUT2D eigenvalue weighted by Gasteiger charge is 2.18. The number of ether oxygens (including phenoxy) is 1. The molecule has 0 aliphatic heterocycles. The van der Waals surface area contributed by atoms with Crippen molar-refractivity contribution < 1.29 is 9.84 Å². The van der Waals surface area contributed by atoms with Crippen molar-refractivity contribution in [1.29, 1.82) is 0 Å². The summed E-state index contributed by atoms with van der Waals surface area (Å²) in [6.45, 7) is 4.56. The maximum atomic E-state index is 10.0. The number of hydrogen-bond donors (Lipinski definition) is 2. The molecule has 1 unspecified atom stereocenters. The molecule has 0 amide bonds. The average molecular weight is 288 g/mol. The SMILES string of the molecule is CCc1cc(C(C)CN)c(O)c(Br)c1OC. The molecule has 4 heteroatoms. The maximum absolute atomic E-state index is 10.0. The van der Waals surface area contributed by atoms with Gasteiger partial charge in [-0.25, -0.2) is 0 Å². The van der Waals surface area contributed by atoms with Gasteiger partial charge in [-0.1, -0.05) is 13.8 Å². The van der Waals surface area contributed by atoms with E-state index in [1.807, 2.05) is 13.0 Å². The summed E-state index contributed by atoms with van der Waals surface area (Å²) in [6, 6.07) is 1.97. The van der Waals surface area contributed by atoms with E-state index in [9.17, 15) is 5.11 Å². The molecule has 0 radical (unpaired) electrons.